The lowest BCUT2D eigenvalue weighted by molar-refractivity contribution is 0.846. The van der Waals surface area contributed by atoms with E-state index in [9.17, 15) is 0 Å². The lowest BCUT2D eigenvalue weighted by atomic mass is 10.0. The summed E-state index contributed by atoms with van der Waals surface area (Å²) in [6, 6.07) is 8.45. The van der Waals surface area contributed by atoms with Gasteiger partial charge < -0.3 is 0 Å². The van der Waals surface area contributed by atoms with Crippen LogP contribution in [0.1, 0.15) is 24.0 Å². The van der Waals surface area contributed by atoms with Crippen LogP contribution in [0.4, 0.5) is 0 Å². The van der Waals surface area contributed by atoms with Crippen LogP contribution < -0.4 is 0 Å². The van der Waals surface area contributed by atoms with Gasteiger partial charge in [-0.15, -0.1) is 25.3 Å². The van der Waals surface area contributed by atoms with Gasteiger partial charge in [-0.2, -0.15) is 0 Å². The molecule has 1 aliphatic rings. The third-order valence-electron chi connectivity index (χ3n) is 2.41. The van der Waals surface area contributed by atoms with Gasteiger partial charge in [0.25, 0.3) is 0 Å². The second-order valence-corrected chi connectivity index (χ2v) is 4.29. The van der Waals surface area contributed by atoms with Gasteiger partial charge in [0.05, 0.1) is 0 Å². The first kappa shape index (κ1) is 9.22. The molecule has 1 aliphatic carbocycles. The summed E-state index contributed by atoms with van der Waals surface area (Å²) in [7, 11) is 0. The normalized spacial score (nSPS) is 16.8. The quantitative estimate of drug-likeness (QED) is 0.599. The average Bonchev–Trinajstić information content (AvgIpc) is 2.29. The van der Waals surface area contributed by atoms with E-state index in [0.717, 1.165) is 22.7 Å². The smallest absolute Gasteiger partial charge is 0.0208 e. The third-order valence-corrected chi connectivity index (χ3v) is 3.54. The first-order chi connectivity index (χ1) is 6.29. The highest BCUT2D eigenvalue weighted by molar-refractivity contribution is 7.93. The van der Waals surface area contributed by atoms with Crippen LogP contribution in [0.25, 0.3) is 4.91 Å². The lowest BCUT2D eigenvalue weighted by Gasteiger charge is -2.05. The summed E-state index contributed by atoms with van der Waals surface area (Å²) in [4.78, 5) is 2.17. The topological polar surface area (TPSA) is 0 Å². The van der Waals surface area contributed by atoms with Crippen molar-refractivity contribution < 1.29 is 0 Å². The van der Waals surface area contributed by atoms with Gasteiger partial charge in [-0.3, -0.25) is 0 Å². The lowest BCUT2D eigenvalue weighted by Crippen LogP contribution is -1.87. The molecule has 0 fully saturated rings. The van der Waals surface area contributed by atoms with E-state index in [-0.39, 0.29) is 0 Å². The van der Waals surface area contributed by atoms with E-state index in [4.69, 9.17) is 0 Å². The van der Waals surface area contributed by atoms with Gasteiger partial charge in [0.1, 0.15) is 0 Å². The maximum absolute atomic E-state index is 4.51. The maximum Gasteiger partial charge on any atom is 0.0208 e. The number of aryl methyl sites for hydroxylation is 1. The minimum absolute atomic E-state index is 1.05. The number of benzene rings is 1. The van der Waals surface area contributed by atoms with E-state index < -0.39 is 0 Å². The van der Waals surface area contributed by atoms with Crippen molar-refractivity contribution in [2.75, 3.05) is 0 Å². The molecule has 0 nitrogen and oxygen atoms in total. The fourth-order valence-corrected chi connectivity index (χ4v) is 2.30. The second kappa shape index (κ2) is 3.81. The summed E-state index contributed by atoms with van der Waals surface area (Å²) in [5.74, 6) is 0. The SMILES string of the molecule is SC1=C(S)c2ccccc2CCC1. The van der Waals surface area contributed by atoms with E-state index >= 15 is 0 Å². The molecule has 68 valence electrons. The van der Waals surface area contributed by atoms with Gasteiger partial charge in [0.2, 0.25) is 0 Å². The Kier molecular flexibility index (Phi) is 2.70. The van der Waals surface area contributed by atoms with Crippen LogP contribution in [0.5, 0.6) is 0 Å². The Morgan fingerprint density at radius 2 is 1.77 bits per heavy atom. The van der Waals surface area contributed by atoms with Crippen molar-refractivity contribution in [2.45, 2.75) is 19.3 Å². The Bertz CT molecular complexity index is 353. The molecular weight excluding hydrogens is 196 g/mol. The van der Waals surface area contributed by atoms with Crippen LogP contribution in [0.3, 0.4) is 0 Å². The number of rotatable bonds is 0. The zero-order chi connectivity index (χ0) is 9.26. The van der Waals surface area contributed by atoms with Crippen LogP contribution in [0.2, 0.25) is 0 Å². The van der Waals surface area contributed by atoms with Gasteiger partial charge in [0.15, 0.2) is 0 Å². The van der Waals surface area contributed by atoms with Crippen molar-refractivity contribution in [1.82, 2.24) is 0 Å². The molecule has 0 saturated carbocycles. The minimum atomic E-state index is 1.05. The van der Waals surface area contributed by atoms with Gasteiger partial charge in [-0.25, -0.2) is 0 Å². The van der Waals surface area contributed by atoms with E-state index in [1.807, 2.05) is 0 Å². The number of allylic oxidation sites excluding steroid dienone is 1. The summed E-state index contributed by atoms with van der Waals surface area (Å²) in [6.07, 6.45) is 3.38. The minimum Gasteiger partial charge on any atom is -0.147 e. The van der Waals surface area contributed by atoms with Crippen LogP contribution in [0.15, 0.2) is 29.2 Å². The van der Waals surface area contributed by atoms with Crippen LogP contribution in [0, 0.1) is 0 Å². The van der Waals surface area contributed by atoms with Gasteiger partial charge >= 0.3 is 0 Å². The fourth-order valence-electron chi connectivity index (χ4n) is 1.69. The predicted octanol–water partition coefficient (Wildman–Crippen LogP) is 3.55. The van der Waals surface area contributed by atoms with Gasteiger partial charge in [0, 0.05) is 4.91 Å². The highest BCUT2D eigenvalue weighted by atomic mass is 32.1. The average molecular weight is 208 g/mol. The Morgan fingerprint density at radius 3 is 2.62 bits per heavy atom. The zero-order valence-electron chi connectivity index (χ0n) is 7.33. The highest BCUT2D eigenvalue weighted by Gasteiger charge is 2.11. The summed E-state index contributed by atoms with van der Waals surface area (Å²) in [5.41, 5.74) is 2.66. The molecule has 2 heteroatoms. The maximum atomic E-state index is 4.51. The van der Waals surface area contributed by atoms with E-state index in [0.29, 0.717) is 0 Å². The predicted molar refractivity (Wildman–Crippen MR) is 64.3 cm³/mol. The van der Waals surface area contributed by atoms with Crippen molar-refractivity contribution in [2.24, 2.45) is 0 Å². The summed E-state index contributed by atoms with van der Waals surface area (Å²) >= 11 is 8.96. The number of thiol groups is 2. The van der Waals surface area contributed by atoms with E-state index in [1.54, 1.807) is 0 Å². The largest absolute Gasteiger partial charge is 0.147 e. The summed E-state index contributed by atoms with van der Waals surface area (Å²) in [6.45, 7) is 0. The van der Waals surface area contributed by atoms with Crippen molar-refractivity contribution in [3.8, 4) is 0 Å². The monoisotopic (exact) mass is 208 g/mol. The van der Waals surface area contributed by atoms with Crippen molar-refractivity contribution in [3.05, 3.63) is 40.3 Å². The number of hydrogen-bond acceptors (Lipinski definition) is 2. The molecule has 0 aromatic heterocycles. The second-order valence-electron chi connectivity index (χ2n) is 3.31. The Morgan fingerprint density at radius 1 is 1.00 bits per heavy atom. The zero-order valence-corrected chi connectivity index (χ0v) is 9.11. The molecule has 0 radical (unpaired) electrons. The van der Waals surface area contributed by atoms with E-state index in [2.05, 4.69) is 49.5 Å². The Labute approximate surface area is 89.9 Å². The molecule has 0 heterocycles. The van der Waals surface area contributed by atoms with Gasteiger partial charge in [-0.05, 0) is 35.3 Å². The number of hydrogen-bond donors (Lipinski definition) is 2. The van der Waals surface area contributed by atoms with Crippen LogP contribution in [-0.2, 0) is 6.42 Å². The molecule has 0 unspecified atom stereocenters. The van der Waals surface area contributed by atoms with E-state index in [1.165, 1.54) is 17.5 Å². The summed E-state index contributed by atoms with van der Waals surface area (Å²) < 4.78 is 0. The molecule has 0 spiro atoms. The van der Waals surface area contributed by atoms with Crippen LogP contribution >= 0.6 is 25.3 Å². The standard InChI is InChI=1S/C11H12S2/c12-10-7-3-5-8-4-1-2-6-9(8)11(10)13/h1-2,4,6,12-13H,3,5,7H2. The highest BCUT2D eigenvalue weighted by Crippen LogP contribution is 2.33. The molecule has 0 atom stereocenters. The van der Waals surface area contributed by atoms with Crippen molar-refractivity contribution in [1.29, 1.82) is 0 Å². The first-order valence-corrected chi connectivity index (χ1v) is 5.38. The Balaban J connectivity index is 2.56. The molecule has 1 aromatic carbocycles. The van der Waals surface area contributed by atoms with Crippen LogP contribution in [-0.4, -0.2) is 0 Å². The molecule has 0 N–H and O–H groups in total. The molecule has 1 aromatic rings. The van der Waals surface area contributed by atoms with Gasteiger partial charge in [-0.1, -0.05) is 24.3 Å². The molecule has 2 rings (SSSR count). The third kappa shape index (κ3) is 1.79. The molecule has 0 saturated heterocycles. The molecule has 0 bridgehead atoms. The molecule has 0 amide bonds. The molecule has 0 aliphatic heterocycles. The summed E-state index contributed by atoms with van der Waals surface area (Å²) in [5, 5.41) is 0. The Hall–Kier alpha value is -0.340. The molecule has 13 heavy (non-hydrogen) atoms. The molecular formula is C11H12S2. The first-order valence-electron chi connectivity index (χ1n) is 4.48. The van der Waals surface area contributed by atoms with Crippen molar-refractivity contribution >= 4 is 30.2 Å². The number of fused-ring (bicyclic) bond motifs is 1. The van der Waals surface area contributed by atoms with Crippen molar-refractivity contribution in [3.63, 3.8) is 0 Å². The fraction of sp³-hybridized carbons (Fsp3) is 0.273.